The molecule has 5 nitrogen and oxygen atoms in total. The van der Waals surface area contributed by atoms with Crippen LogP contribution in [-0.2, 0) is 13.6 Å². The third-order valence-electron chi connectivity index (χ3n) is 2.95. The van der Waals surface area contributed by atoms with Gasteiger partial charge in [0.1, 0.15) is 0 Å². The van der Waals surface area contributed by atoms with Crippen LogP contribution in [0.1, 0.15) is 28.0 Å². The van der Waals surface area contributed by atoms with Crippen LogP contribution < -0.4 is 5.32 Å². The second kappa shape index (κ2) is 7.27. The van der Waals surface area contributed by atoms with Gasteiger partial charge in [0.2, 0.25) is 0 Å². The molecule has 0 aliphatic heterocycles. The number of aliphatic hydroxyl groups is 1. The van der Waals surface area contributed by atoms with E-state index in [0.717, 1.165) is 11.3 Å². The van der Waals surface area contributed by atoms with Gasteiger partial charge in [0.05, 0.1) is 18.8 Å². The lowest BCUT2D eigenvalue weighted by Gasteiger charge is -2.06. The summed E-state index contributed by atoms with van der Waals surface area (Å²) < 4.78 is 1.72. The summed E-state index contributed by atoms with van der Waals surface area (Å²) in [6.45, 7) is 0.466. The highest BCUT2D eigenvalue weighted by molar-refractivity contribution is 5.94. The molecule has 2 N–H and O–H groups in total. The van der Waals surface area contributed by atoms with Crippen LogP contribution in [0, 0.1) is 11.8 Å². The van der Waals surface area contributed by atoms with Crippen molar-refractivity contribution in [3.63, 3.8) is 0 Å². The summed E-state index contributed by atoms with van der Waals surface area (Å²) in [6.07, 6.45) is 2.12. The van der Waals surface area contributed by atoms with Gasteiger partial charge in [-0.1, -0.05) is 17.9 Å². The number of aryl methyl sites for hydroxylation is 1. The van der Waals surface area contributed by atoms with E-state index in [1.807, 2.05) is 19.2 Å². The Labute approximate surface area is 123 Å². The smallest absolute Gasteiger partial charge is 0.251 e. The van der Waals surface area contributed by atoms with Gasteiger partial charge in [0.25, 0.3) is 5.91 Å². The van der Waals surface area contributed by atoms with Crippen molar-refractivity contribution < 1.29 is 9.90 Å². The summed E-state index contributed by atoms with van der Waals surface area (Å²) in [5, 5.41) is 15.6. The molecule has 1 amide bonds. The molecule has 2 rings (SSSR count). The molecule has 5 heteroatoms. The molecule has 0 aliphatic rings. The first-order valence-electron chi connectivity index (χ1n) is 6.65. The van der Waals surface area contributed by atoms with Crippen LogP contribution in [0.3, 0.4) is 0 Å². The number of aromatic nitrogens is 2. The lowest BCUT2D eigenvalue weighted by atomic mass is 10.1. The SMILES string of the molecule is Cn1nccc1CNC(=O)c1cccc(C#CCCO)c1. The maximum absolute atomic E-state index is 12.1. The summed E-state index contributed by atoms with van der Waals surface area (Å²) in [4.78, 5) is 12.1. The number of carbonyl (C=O) groups is 1. The minimum absolute atomic E-state index is 0.0396. The Morgan fingerprint density at radius 1 is 1.43 bits per heavy atom. The van der Waals surface area contributed by atoms with Crippen LogP contribution in [0.15, 0.2) is 36.5 Å². The molecule has 0 fully saturated rings. The van der Waals surface area contributed by atoms with Gasteiger partial charge < -0.3 is 10.4 Å². The van der Waals surface area contributed by atoms with Crippen LogP contribution in [-0.4, -0.2) is 27.4 Å². The summed E-state index contributed by atoms with van der Waals surface area (Å²) in [5.41, 5.74) is 2.26. The highest BCUT2D eigenvalue weighted by Crippen LogP contribution is 2.05. The Morgan fingerprint density at radius 3 is 3.00 bits per heavy atom. The van der Waals surface area contributed by atoms with E-state index in [1.54, 1.807) is 29.1 Å². The highest BCUT2D eigenvalue weighted by Gasteiger charge is 2.06. The molecular formula is C16H17N3O2. The number of amides is 1. The zero-order valence-corrected chi connectivity index (χ0v) is 11.8. The minimum atomic E-state index is -0.151. The molecule has 0 radical (unpaired) electrons. The molecule has 0 unspecified atom stereocenters. The third kappa shape index (κ3) is 4.20. The maximum Gasteiger partial charge on any atom is 0.251 e. The summed E-state index contributed by atoms with van der Waals surface area (Å²) in [7, 11) is 1.83. The van der Waals surface area contributed by atoms with E-state index >= 15 is 0 Å². The van der Waals surface area contributed by atoms with E-state index < -0.39 is 0 Å². The Balaban J connectivity index is 2.01. The Morgan fingerprint density at radius 2 is 2.29 bits per heavy atom. The fourth-order valence-corrected chi connectivity index (χ4v) is 1.81. The second-order valence-corrected chi connectivity index (χ2v) is 4.49. The first-order valence-corrected chi connectivity index (χ1v) is 6.65. The normalized spacial score (nSPS) is 9.81. The fourth-order valence-electron chi connectivity index (χ4n) is 1.81. The van der Waals surface area contributed by atoms with Crippen LogP contribution in [0.2, 0.25) is 0 Å². The fraction of sp³-hybridized carbons (Fsp3) is 0.250. The standard InChI is InChI=1S/C16H17N3O2/c1-19-15(8-9-18-19)12-17-16(21)14-7-4-6-13(11-14)5-2-3-10-20/h4,6-9,11,20H,3,10,12H2,1H3,(H,17,21). The Kier molecular flexibility index (Phi) is 5.13. The predicted octanol–water partition coefficient (Wildman–Crippen LogP) is 1.08. The van der Waals surface area contributed by atoms with Crippen molar-refractivity contribution in [2.75, 3.05) is 6.61 Å². The molecule has 21 heavy (non-hydrogen) atoms. The molecule has 0 spiro atoms. The van der Waals surface area contributed by atoms with Crippen molar-refractivity contribution in [3.8, 4) is 11.8 Å². The van der Waals surface area contributed by atoms with Crippen LogP contribution in [0.4, 0.5) is 0 Å². The molecule has 108 valence electrons. The van der Waals surface area contributed by atoms with Gasteiger partial charge in [-0.2, -0.15) is 5.10 Å². The predicted molar refractivity (Wildman–Crippen MR) is 79.4 cm³/mol. The van der Waals surface area contributed by atoms with Gasteiger partial charge >= 0.3 is 0 Å². The first kappa shape index (κ1) is 14.8. The van der Waals surface area contributed by atoms with Crippen molar-refractivity contribution in [3.05, 3.63) is 53.3 Å². The number of hydrogen-bond donors (Lipinski definition) is 2. The third-order valence-corrected chi connectivity index (χ3v) is 2.95. The summed E-state index contributed by atoms with van der Waals surface area (Å²) >= 11 is 0. The number of nitrogens with zero attached hydrogens (tertiary/aromatic N) is 2. The average Bonchev–Trinajstić information content (AvgIpc) is 2.91. The molecule has 0 saturated carbocycles. The molecule has 1 heterocycles. The van der Waals surface area contributed by atoms with Crippen LogP contribution >= 0.6 is 0 Å². The largest absolute Gasteiger partial charge is 0.395 e. The molecular weight excluding hydrogens is 266 g/mol. The Hall–Kier alpha value is -2.58. The number of carbonyl (C=O) groups excluding carboxylic acids is 1. The monoisotopic (exact) mass is 283 g/mol. The van der Waals surface area contributed by atoms with Gasteiger partial charge in [-0.3, -0.25) is 9.48 Å². The zero-order valence-electron chi connectivity index (χ0n) is 11.8. The molecule has 0 atom stereocenters. The lowest BCUT2D eigenvalue weighted by Crippen LogP contribution is -2.24. The van der Waals surface area contributed by atoms with Gasteiger partial charge in [0, 0.05) is 30.8 Å². The van der Waals surface area contributed by atoms with E-state index in [9.17, 15) is 4.79 Å². The van der Waals surface area contributed by atoms with Gasteiger partial charge in [-0.25, -0.2) is 0 Å². The maximum atomic E-state index is 12.1. The van der Waals surface area contributed by atoms with Gasteiger partial charge in [-0.05, 0) is 24.3 Å². The number of nitrogens with one attached hydrogen (secondary N) is 1. The zero-order chi connectivity index (χ0) is 15.1. The number of hydrogen-bond acceptors (Lipinski definition) is 3. The minimum Gasteiger partial charge on any atom is -0.395 e. The Bertz CT molecular complexity index is 680. The van der Waals surface area contributed by atoms with E-state index in [2.05, 4.69) is 22.3 Å². The summed E-state index contributed by atoms with van der Waals surface area (Å²) in [6, 6.07) is 8.97. The first-order chi connectivity index (χ1) is 10.2. The molecule has 1 aromatic heterocycles. The quantitative estimate of drug-likeness (QED) is 0.825. The number of benzene rings is 1. The number of aliphatic hydroxyl groups excluding tert-OH is 1. The molecule has 1 aromatic carbocycles. The lowest BCUT2D eigenvalue weighted by molar-refractivity contribution is 0.0950. The van der Waals surface area contributed by atoms with E-state index in [4.69, 9.17) is 5.11 Å². The highest BCUT2D eigenvalue weighted by atomic mass is 16.2. The average molecular weight is 283 g/mol. The molecule has 0 bridgehead atoms. The van der Waals surface area contributed by atoms with E-state index in [1.165, 1.54) is 0 Å². The topological polar surface area (TPSA) is 67.2 Å². The summed E-state index contributed by atoms with van der Waals surface area (Å²) in [5.74, 6) is 5.60. The van der Waals surface area contributed by atoms with Crippen LogP contribution in [0.5, 0.6) is 0 Å². The van der Waals surface area contributed by atoms with E-state index in [-0.39, 0.29) is 12.5 Å². The second-order valence-electron chi connectivity index (χ2n) is 4.49. The molecule has 0 aliphatic carbocycles. The van der Waals surface area contributed by atoms with Crippen molar-refractivity contribution in [1.82, 2.24) is 15.1 Å². The van der Waals surface area contributed by atoms with Crippen molar-refractivity contribution in [1.29, 1.82) is 0 Å². The van der Waals surface area contributed by atoms with E-state index in [0.29, 0.717) is 18.5 Å². The van der Waals surface area contributed by atoms with Crippen LogP contribution in [0.25, 0.3) is 0 Å². The van der Waals surface area contributed by atoms with Crippen molar-refractivity contribution >= 4 is 5.91 Å². The van der Waals surface area contributed by atoms with Crippen molar-refractivity contribution in [2.45, 2.75) is 13.0 Å². The molecule has 0 saturated heterocycles. The number of rotatable bonds is 4. The van der Waals surface area contributed by atoms with Gasteiger partial charge in [0.15, 0.2) is 0 Å². The molecule has 2 aromatic rings. The van der Waals surface area contributed by atoms with Crippen molar-refractivity contribution in [2.24, 2.45) is 7.05 Å². The van der Waals surface area contributed by atoms with Gasteiger partial charge in [-0.15, -0.1) is 0 Å².